The van der Waals surface area contributed by atoms with Gasteiger partial charge < -0.3 is 19.7 Å². The molecule has 2 rings (SSSR count). The summed E-state index contributed by atoms with van der Waals surface area (Å²) in [6.07, 6.45) is -3.48. The van der Waals surface area contributed by atoms with E-state index in [1.807, 2.05) is 0 Å². The van der Waals surface area contributed by atoms with Gasteiger partial charge >= 0.3 is 12.1 Å². The van der Waals surface area contributed by atoms with Gasteiger partial charge in [0.2, 0.25) is 5.91 Å². The maximum absolute atomic E-state index is 12.5. The third-order valence-electron chi connectivity index (χ3n) is 3.63. The molecule has 0 aliphatic carbocycles. The molecule has 2 amide bonds. The van der Waals surface area contributed by atoms with E-state index in [0.29, 0.717) is 31.0 Å². The zero-order valence-corrected chi connectivity index (χ0v) is 12.0. The zero-order chi connectivity index (χ0) is 16.2. The van der Waals surface area contributed by atoms with Gasteiger partial charge in [-0.3, -0.25) is 9.59 Å². The molecule has 0 bridgehead atoms. The van der Waals surface area contributed by atoms with Gasteiger partial charge in [-0.1, -0.05) is 0 Å². The topological polar surface area (TPSA) is 67.9 Å². The predicted molar refractivity (Wildman–Crippen MR) is 68.7 cm³/mol. The first-order chi connectivity index (χ1) is 10.4. The molecule has 2 aliphatic heterocycles. The minimum atomic E-state index is -4.95. The fourth-order valence-corrected chi connectivity index (χ4v) is 2.58. The van der Waals surface area contributed by atoms with Crippen LogP contribution in [0.2, 0.25) is 0 Å². The highest BCUT2D eigenvalue weighted by atomic mass is 19.4. The second kappa shape index (κ2) is 7.28. The molecule has 1 N–H and O–H groups in total. The van der Waals surface area contributed by atoms with Crippen molar-refractivity contribution in [2.45, 2.75) is 44.2 Å². The molecule has 1 unspecified atom stereocenters. The van der Waals surface area contributed by atoms with Crippen LogP contribution in [0.5, 0.6) is 0 Å². The van der Waals surface area contributed by atoms with E-state index in [0.717, 1.165) is 6.42 Å². The highest BCUT2D eigenvalue weighted by Gasteiger charge is 2.47. The van der Waals surface area contributed by atoms with Crippen LogP contribution in [0.3, 0.4) is 0 Å². The molecule has 6 nitrogen and oxygen atoms in total. The van der Waals surface area contributed by atoms with Crippen molar-refractivity contribution in [3.63, 3.8) is 0 Å². The maximum Gasteiger partial charge on any atom is 0.471 e. The lowest BCUT2D eigenvalue weighted by Crippen LogP contribution is -2.50. The minimum absolute atomic E-state index is 0.0503. The van der Waals surface area contributed by atoms with Gasteiger partial charge in [0.25, 0.3) is 0 Å². The van der Waals surface area contributed by atoms with E-state index in [1.54, 1.807) is 0 Å². The Morgan fingerprint density at radius 3 is 2.50 bits per heavy atom. The number of hydrogen-bond acceptors (Lipinski definition) is 4. The number of hydrogen-bond donors (Lipinski definition) is 1. The van der Waals surface area contributed by atoms with Gasteiger partial charge in [0, 0.05) is 19.5 Å². The van der Waals surface area contributed by atoms with Crippen LogP contribution in [-0.4, -0.2) is 61.5 Å². The molecule has 0 saturated carbocycles. The zero-order valence-electron chi connectivity index (χ0n) is 12.0. The summed E-state index contributed by atoms with van der Waals surface area (Å²) >= 11 is 0. The fraction of sp³-hybridized carbons (Fsp3) is 0.846. The molecule has 0 aromatic heterocycles. The molecule has 22 heavy (non-hydrogen) atoms. The minimum Gasteiger partial charge on any atom is -0.354 e. The van der Waals surface area contributed by atoms with Crippen LogP contribution in [0.4, 0.5) is 13.2 Å². The number of alkyl halides is 3. The number of carbonyl (C=O) groups excluding carboxylic acids is 2. The van der Waals surface area contributed by atoms with Crippen molar-refractivity contribution in [3.05, 3.63) is 0 Å². The Bertz CT molecular complexity index is 411. The number of likely N-dealkylation sites (tertiary alicyclic amines) is 1. The summed E-state index contributed by atoms with van der Waals surface area (Å²) in [5.41, 5.74) is 0. The van der Waals surface area contributed by atoms with Gasteiger partial charge in [-0.15, -0.1) is 0 Å². The highest BCUT2D eigenvalue weighted by molar-refractivity contribution is 5.90. The Morgan fingerprint density at radius 1 is 1.18 bits per heavy atom. The van der Waals surface area contributed by atoms with E-state index in [1.165, 1.54) is 0 Å². The highest BCUT2D eigenvalue weighted by Crippen LogP contribution is 2.25. The first-order valence-corrected chi connectivity index (χ1v) is 7.28. The first kappa shape index (κ1) is 17.0. The third kappa shape index (κ3) is 4.33. The van der Waals surface area contributed by atoms with Crippen LogP contribution in [0.25, 0.3) is 0 Å². The Balaban J connectivity index is 1.79. The Morgan fingerprint density at radius 2 is 1.86 bits per heavy atom. The van der Waals surface area contributed by atoms with Crippen LogP contribution in [-0.2, 0) is 19.1 Å². The number of rotatable bonds is 4. The van der Waals surface area contributed by atoms with Crippen molar-refractivity contribution in [1.82, 2.24) is 10.2 Å². The smallest absolute Gasteiger partial charge is 0.354 e. The lowest BCUT2D eigenvalue weighted by molar-refractivity contribution is -0.187. The number of halogens is 3. The van der Waals surface area contributed by atoms with Crippen molar-refractivity contribution in [3.8, 4) is 0 Å². The number of amides is 2. The summed E-state index contributed by atoms with van der Waals surface area (Å²) in [4.78, 5) is 23.9. The molecule has 2 fully saturated rings. The van der Waals surface area contributed by atoms with E-state index < -0.39 is 30.3 Å². The fourth-order valence-electron chi connectivity index (χ4n) is 2.58. The summed E-state index contributed by atoms with van der Waals surface area (Å²) in [5, 5.41) is 2.55. The van der Waals surface area contributed by atoms with Crippen LogP contribution < -0.4 is 5.32 Å². The maximum atomic E-state index is 12.5. The molecule has 2 saturated heterocycles. The van der Waals surface area contributed by atoms with Crippen LogP contribution in [0.15, 0.2) is 0 Å². The molecule has 1 atom stereocenters. The summed E-state index contributed by atoms with van der Waals surface area (Å²) < 4.78 is 48.0. The van der Waals surface area contributed by atoms with E-state index in [4.69, 9.17) is 9.47 Å². The van der Waals surface area contributed by atoms with Gasteiger partial charge in [-0.2, -0.15) is 13.2 Å². The van der Waals surface area contributed by atoms with Crippen molar-refractivity contribution in [1.29, 1.82) is 0 Å². The molecule has 9 heteroatoms. The van der Waals surface area contributed by atoms with E-state index in [-0.39, 0.29) is 19.5 Å². The number of nitrogens with zero attached hydrogens (tertiary/aromatic N) is 1. The van der Waals surface area contributed by atoms with Crippen LogP contribution >= 0.6 is 0 Å². The molecular weight excluding hydrogens is 305 g/mol. The van der Waals surface area contributed by atoms with Gasteiger partial charge in [0.05, 0.1) is 13.2 Å². The lowest BCUT2D eigenvalue weighted by Gasteiger charge is -2.26. The van der Waals surface area contributed by atoms with E-state index in [2.05, 4.69) is 5.32 Å². The van der Waals surface area contributed by atoms with Gasteiger partial charge in [-0.05, 0) is 19.3 Å². The molecule has 0 aromatic carbocycles. The molecule has 2 heterocycles. The monoisotopic (exact) mass is 324 g/mol. The second-order valence-corrected chi connectivity index (χ2v) is 5.26. The third-order valence-corrected chi connectivity index (χ3v) is 3.63. The predicted octanol–water partition coefficient (Wildman–Crippen LogP) is 0.809. The summed E-state index contributed by atoms with van der Waals surface area (Å²) in [5.74, 6) is -2.52. The molecule has 0 spiro atoms. The Labute approximate surface area is 125 Å². The standard InChI is InChI=1S/C13H19F3N2O4/c14-13(15,16)12(20)18-6-1-3-9(18)11(19)17-5-4-10-21-7-2-8-22-10/h9-10H,1-8H2,(H,17,19). The number of nitrogens with one attached hydrogen (secondary N) is 1. The SMILES string of the molecule is O=C(NCCC1OCCCO1)C1CCCN1C(=O)C(F)(F)F. The molecule has 0 radical (unpaired) electrons. The van der Waals surface area contributed by atoms with Crippen molar-refractivity contribution >= 4 is 11.8 Å². The van der Waals surface area contributed by atoms with Crippen molar-refractivity contribution < 1.29 is 32.2 Å². The van der Waals surface area contributed by atoms with Gasteiger partial charge in [-0.25, -0.2) is 0 Å². The van der Waals surface area contributed by atoms with Gasteiger partial charge in [0.1, 0.15) is 6.04 Å². The van der Waals surface area contributed by atoms with E-state index in [9.17, 15) is 22.8 Å². The average Bonchev–Trinajstić information content (AvgIpc) is 2.95. The molecular formula is C13H19F3N2O4. The summed E-state index contributed by atoms with van der Waals surface area (Å²) in [6, 6.07) is -1.05. The average molecular weight is 324 g/mol. The number of carbonyl (C=O) groups is 2. The summed E-state index contributed by atoms with van der Waals surface area (Å²) in [6.45, 7) is 1.36. The first-order valence-electron chi connectivity index (χ1n) is 7.28. The van der Waals surface area contributed by atoms with Gasteiger partial charge in [0.15, 0.2) is 6.29 Å². The van der Waals surface area contributed by atoms with Crippen LogP contribution in [0.1, 0.15) is 25.7 Å². The van der Waals surface area contributed by atoms with Crippen LogP contribution in [0, 0.1) is 0 Å². The molecule has 0 aromatic rings. The van der Waals surface area contributed by atoms with Crippen molar-refractivity contribution in [2.24, 2.45) is 0 Å². The Kier molecular flexibility index (Phi) is 5.63. The molecule has 126 valence electrons. The summed E-state index contributed by atoms with van der Waals surface area (Å²) in [7, 11) is 0. The second-order valence-electron chi connectivity index (χ2n) is 5.26. The molecule has 2 aliphatic rings. The normalized spacial score (nSPS) is 23.6. The quantitative estimate of drug-likeness (QED) is 0.831. The van der Waals surface area contributed by atoms with E-state index >= 15 is 0 Å². The Hall–Kier alpha value is -1.35. The lowest BCUT2D eigenvalue weighted by atomic mass is 10.2. The van der Waals surface area contributed by atoms with Crippen molar-refractivity contribution in [2.75, 3.05) is 26.3 Å². The largest absolute Gasteiger partial charge is 0.471 e. The number of ether oxygens (including phenoxy) is 2.